The number of anilines is 1. The van der Waals surface area contributed by atoms with Gasteiger partial charge in [-0.25, -0.2) is 0 Å². The summed E-state index contributed by atoms with van der Waals surface area (Å²) >= 11 is 7.85. The van der Waals surface area contributed by atoms with Gasteiger partial charge in [0.2, 0.25) is 0 Å². The van der Waals surface area contributed by atoms with Gasteiger partial charge in [-0.1, -0.05) is 6.92 Å². The fourth-order valence-corrected chi connectivity index (χ4v) is 2.25. The molecule has 0 spiro atoms. The molecule has 1 N–H and O–H groups in total. The van der Waals surface area contributed by atoms with Gasteiger partial charge < -0.3 is 10.1 Å². The van der Waals surface area contributed by atoms with Crippen molar-refractivity contribution in [1.82, 2.24) is 0 Å². The van der Waals surface area contributed by atoms with E-state index < -0.39 is 0 Å². The Morgan fingerprint density at radius 1 is 1.35 bits per heavy atom. The van der Waals surface area contributed by atoms with Crippen LogP contribution in [0.5, 0.6) is 5.75 Å². The summed E-state index contributed by atoms with van der Waals surface area (Å²) in [4.78, 5) is 0. The Morgan fingerprint density at radius 3 is 2.82 bits per heavy atom. The number of rotatable bonds is 8. The van der Waals surface area contributed by atoms with Crippen LogP contribution in [0.15, 0.2) is 18.2 Å². The second-order valence-corrected chi connectivity index (χ2v) is 5.17. The summed E-state index contributed by atoms with van der Waals surface area (Å²) < 4.78 is 5.51. The minimum Gasteiger partial charge on any atom is -0.494 e. The van der Waals surface area contributed by atoms with Gasteiger partial charge in [0.1, 0.15) is 5.75 Å². The molecule has 0 saturated heterocycles. The van der Waals surface area contributed by atoms with Crippen LogP contribution in [-0.2, 0) is 5.88 Å². The van der Waals surface area contributed by atoms with Crippen LogP contribution >= 0.6 is 23.4 Å². The molecule has 96 valence electrons. The second kappa shape index (κ2) is 8.54. The third-order valence-corrected chi connectivity index (χ3v) is 3.47. The molecule has 4 heteroatoms. The molecule has 0 aliphatic rings. The summed E-state index contributed by atoms with van der Waals surface area (Å²) in [6.45, 7) is 5.80. The molecule has 0 saturated carbocycles. The van der Waals surface area contributed by atoms with E-state index in [0.717, 1.165) is 35.1 Å². The molecule has 0 heterocycles. The van der Waals surface area contributed by atoms with Gasteiger partial charge in [-0.05, 0) is 30.9 Å². The van der Waals surface area contributed by atoms with Crippen molar-refractivity contribution in [3.05, 3.63) is 23.8 Å². The first-order chi connectivity index (χ1) is 8.31. The van der Waals surface area contributed by atoms with E-state index in [-0.39, 0.29) is 0 Å². The molecule has 0 aromatic heterocycles. The van der Waals surface area contributed by atoms with E-state index in [1.807, 2.05) is 30.8 Å². The molecule has 0 unspecified atom stereocenters. The lowest BCUT2D eigenvalue weighted by Gasteiger charge is -2.11. The Morgan fingerprint density at radius 2 is 2.18 bits per heavy atom. The molecule has 0 aliphatic carbocycles. The fourth-order valence-electron chi connectivity index (χ4n) is 1.50. The molecular weight excluding hydrogens is 254 g/mol. The third-order valence-electron chi connectivity index (χ3n) is 2.28. The van der Waals surface area contributed by atoms with E-state index in [2.05, 4.69) is 18.3 Å². The van der Waals surface area contributed by atoms with Crippen molar-refractivity contribution in [3.8, 4) is 5.75 Å². The Balaban J connectivity index is 2.56. The van der Waals surface area contributed by atoms with Crippen LogP contribution in [0.4, 0.5) is 5.69 Å². The molecule has 0 atom stereocenters. The van der Waals surface area contributed by atoms with Gasteiger partial charge in [0.05, 0.1) is 12.5 Å². The molecule has 0 fully saturated rings. The number of nitrogens with one attached hydrogen (secondary N) is 1. The van der Waals surface area contributed by atoms with Crippen molar-refractivity contribution in [1.29, 1.82) is 0 Å². The molecule has 0 bridgehead atoms. The van der Waals surface area contributed by atoms with E-state index >= 15 is 0 Å². The standard InChI is InChI=1S/C13H20ClNOS/c1-3-16-13-6-5-12(9-11(13)10-14)15-7-8-17-4-2/h5-6,9,15H,3-4,7-8,10H2,1-2H3. The molecule has 17 heavy (non-hydrogen) atoms. The number of benzene rings is 1. The topological polar surface area (TPSA) is 21.3 Å². The summed E-state index contributed by atoms with van der Waals surface area (Å²) in [7, 11) is 0. The maximum atomic E-state index is 5.91. The van der Waals surface area contributed by atoms with E-state index in [1.54, 1.807) is 0 Å². The zero-order valence-corrected chi connectivity index (χ0v) is 12.0. The minimum absolute atomic E-state index is 0.481. The van der Waals surface area contributed by atoms with Crippen molar-refractivity contribution < 1.29 is 4.74 Å². The molecule has 1 rings (SSSR count). The third kappa shape index (κ3) is 5.09. The predicted molar refractivity (Wildman–Crippen MR) is 78.7 cm³/mol. The highest BCUT2D eigenvalue weighted by atomic mass is 35.5. The monoisotopic (exact) mass is 273 g/mol. The predicted octanol–water partition coefficient (Wildman–Crippen LogP) is 3.99. The first kappa shape index (κ1) is 14.5. The Hall–Kier alpha value is -0.540. The number of hydrogen-bond acceptors (Lipinski definition) is 3. The van der Waals surface area contributed by atoms with Crippen molar-refractivity contribution >= 4 is 29.1 Å². The lowest BCUT2D eigenvalue weighted by molar-refractivity contribution is 0.337. The average molecular weight is 274 g/mol. The Labute approximate surface area is 113 Å². The van der Waals surface area contributed by atoms with Crippen LogP contribution in [0.3, 0.4) is 0 Å². The number of halogens is 1. The molecular formula is C13H20ClNOS. The SMILES string of the molecule is CCOc1ccc(NCCSCC)cc1CCl. The quantitative estimate of drug-likeness (QED) is 0.572. The highest BCUT2D eigenvalue weighted by Gasteiger charge is 2.03. The summed E-state index contributed by atoms with van der Waals surface area (Å²) in [6, 6.07) is 6.09. The molecule has 2 nitrogen and oxygen atoms in total. The van der Waals surface area contributed by atoms with Gasteiger partial charge >= 0.3 is 0 Å². The van der Waals surface area contributed by atoms with Crippen LogP contribution < -0.4 is 10.1 Å². The van der Waals surface area contributed by atoms with Crippen LogP contribution in [0.2, 0.25) is 0 Å². The van der Waals surface area contributed by atoms with Crippen LogP contribution in [-0.4, -0.2) is 24.7 Å². The first-order valence-corrected chi connectivity index (χ1v) is 7.64. The van der Waals surface area contributed by atoms with Gasteiger partial charge in [-0.3, -0.25) is 0 Å². The average Bonchev–Trinajstić information content (AvgIpc) is 2.36. The van der Waals surface area contributed by atoms with Gasteiger partial charge in [0.15, 0.2) is 0 Å². The molecule has 0 amide bonds. The van der Waals surface area contributed by atoms with Gasteiger partial charge in [0, 0.05) is 23.5 Å². The maximum Gasteiger partial charge on any atom is 0.123 e. The van der Waals surface area contributed by atoms with E-state index in [9.17, 15) is 0 Å². The lowest BCUT2D eigenvalue weighted by Crippen LogP contribution is -2.05. The molecule has 1 aromatic rings. The normalized spacial score (nSPS) is 10.3. The van der Waals surface area contributed by atoms with Crippen molar-refractivity contribution in [2.24, 2.45) is 0 Å². The Kier molecular flexibility index (Phi) is 7.29. The highest BCUT2D eigenvalue weighted by molar-refractivity contribution is 7.99. The van der Waals surface area contributed by atoms with Crippen molar-refractivity contribution in [2.75, 3.05) is 30.0 Å². The maximum absolute atomic E-state index is 5.91. The fraction of sp³-hybridized carbons (Fsp3) is 0.538. The summed E-state index contributed by atoms with van der Waals surface area (Å²) in [5, 5.41) is 3.39. The number of thioether (sulfide) groups is 1. The van der Waals surface area contributed by atoms with Crippen LogP contribution in [0, 0.1) is 0 Å². The summed E-state index contributed by atoms with van der Waals surface area (Å²) in [5.41, 5.74) is 2.16. The van der Waals surface area contributed by atoms with Crippen LogP contribution in [0.1, 0.15) is 19.4 Å². The molecule has 1 aromatic carbocycles. The number of ether oxygens (including phenoxy) is 1. The van der Waals surface area contributed by atoms with Crippen molar-refractivity contribution in [2.45, 2.75) is 19.7 Å². The lowest BCUT2D eigenvalue weighted by atomic mass is 10.2. The summed E-state index contributed by atoms with van der Waals surface area (Å²) in [5.74, 6) is 3.66. The Bertz CT molecular complexity index is 333. The van der Waals surface area contributed by atoms with Gasteiger partial charge in [-0.15, -0.1) is 11.6 Å². The van der Waals surface area contributed by atoms with Crippen LogP contribution in [0.25, 0.3) is 0 Å². The van der Waals surface area contributed by atoms with E-state index in [4.69, 9.17) is 16.3 Å². The zero-order chi connectivity index (χ0) is 12.5. The molecule has 0 aliphatic heterocycles. The van der Waals surface area contributed by atoms with E-state index in [1.165, 1.54) is 0 Å². The smallest absolute Gasteiger partial charge is 0.123 e. The van der Waals surface area contributed by atoms with E-state index in [0.29, 0.717) is 12.5 Å². The van der Waals surface area contributed by atoms with Crippen molar-refractivity contribution in [3.63, 3.8) is 0 Å². The first-order valence-electron chi connectivity index (χ1n) is 5.95. The largest absolute Gasteiger partial charge is 0.494 e. The van der Waals surface area contributed by atoms with Gasteiger partial charge in [-0.2, -0.15) is 11.8 Å². The number of hydrogen-bond donors (Lipinski definition) is 1. The second-order valence-electron chi connectivity index (χ2n) is 3.51. The minimum atomic E-state index is 0.481. The number of alkyl halides is 1. The van der Waals surface area contributed by atoms with Gasteiger partial charge in [0.25, 0.3) is 0 Å². The highest BCUT2D eigenvalue weighted by Crippen LogP contribution is 2.24. The molecule has 0 radical (unpaired) electrons. The zero-order valence-electron chi connectivity index (χ0n) is 10.5. The summed E-state index contributed by atoms with van der Waals surface area (Å²) in [6.07, 6.45) is 0.